The fourth-order valence-corrected chi connectivity index (χ4v) is 3.34. The number of aryl methyl sites for hydroxylation is 1. The van der Waals surface area contributed by atoms with Gasteiger partial charge in [-0.2, -0.15) is 0 Å². The molecule has 3 nitrogen and oxygen atoms in total. The largest absolute Gasteiger partial charge is 0.381 e. The minimum Gasteiger partial charge on any atom is -0.381 e. The number of nitrogens with zero attached hydrogens (tertiary/aromatic N) is 1. The van der Waals surface area contributed by atoms with Crippen LogP contribution in [-0.4, -0.2) is 37.2 Å². The molecule has 0 saturated carbocycles. The lowest BCUT2D eigenvalue weighted by Gasteiger charge is -2.43. The van der Waals surface area contributed by atoms with Gasteiger partial charge in [-0.15, -0.1) is 0 Å². The number of methoxy groups -OCH3 is 1. The number of rotatable bonds is 5. The number of likely N-dealkylation sites (tertiary alicyclic amines) is 1. The third-order valence-corrected chi connectivity index (χ3v) is 4.57. The van der Waals surface area contributed by atoms with Crippen molar-refractivity contribution in [3.05, 3.63) is 35.4 Å². The molecule has 3 unspecified atom stereocenters. The molecule has 1 aliphatic rings. The van der Waals surface area contributed by atoms with E-state index in [4.69, 9.17) is 10.5 Å². The lowest BCUT2D eigenvalue weighted by atomic mass is 9.93. The van der Waals surface area contributed by atoms with Gasteiger partial charge < -0.3 is 10.5 Å². The predicted molar refractivity (Wildman–Crippen MR) is 83.8 cm³/mol. The first-order valence-corrected chi connectivity index (χ1v) is 7.74. The van der Waals surface area contributed by atoms with Crippen LogP contribution in [0.4, 0.5) is 0 Å². The molecule has 0 aromatic heterocycles. The molecule has 1 aliphatic heterocycles. The van der Waals surface area contributed by atoms with Crippen molar-refractivity contribution < 1.29 is 4.74 Å². The summed E-state index contributed by atoms with van der Waals surface area (Å²) in [5.41, 5.74) is 8.73. The summed E-state index contributed by atoms with van der Waals surface area (Å²) >= 11 is 0. The van der Waals surface area contributed by atoms with E-state index in [1.54, 1.807) is 0 Å². The molecule has 1 fully saturated rings. The lowest BCUT2D eigenvalue weighted by Crippen LogP contribution is -2.49. The number of benzene rings is 1. The zero-order valence-electron chi connectivity index (χ0n) is 13.0. The van der Waals surface area contributed by atoms with E-state index in [1.165, 1.54) is 11.1 Å². The first-order chi connectivity index (χ1) is 9.69. The topological polar surface area (TPSA) is 38.5 Å². The van der Waals surface area contributed by atoms with Gasteiger partial charge in [0, 0.05) is 32.3 Å². The van der Waals surface area contributed by atoms with Gasteiger partial charge in [0.15, 0.2) is 0 Å². The molecular weight excluding hydrogens is 248 g/mol. The minimum atomic E-state index is 0.371. The number of hydrogen-bond donors (Lipinski definition) is 1. The Hall–Kier alpha value is -0.900. The van der Waals surface area contributed by atoms with Crippen LogP contribution in [0.3, 0.4) is 0 Å². The standard InChI is InChI=1S/C17H28N2O/c1-4-17(14-7-5-13(2)6-8-14)19-10-9-16(20-3)11-15(19)12-18/h5-8,15-17H,4,9-12,18H2,1-3H3. The number of ether oxygens (including phenoxy) is 1. The van der Waals surface area contributed by atoms with Gasteiger partial charge in [-0.05, 0) is 31.7 Å². The van der Waals surface area contributed by atoms with Crippen molar-refractivity contribution in [2.75, 3.05) is 20.2 Å². The van der Waals surface area contributed by atoms with Crippen LogP contribution < -0.4 is 5.73 Å². The van der Waals surface area contributed by atoms with Crippen molar-refractivity contribution in [1.82, 2.24) is 4.90 Å². The SMILES string of the molecule is CCC(c1ccc(C)cc1)N1CCC(OC)CC1CN. The van der Waals surface area contributed by atoms with Gasteiger partial charge in [-0.3, -0.25) is 4.90 Å². The Balaban J connectivity index is 2.15. The van der Waals surface area contributed by atoms with Gasteiger partial charge in [-0.1, -0.05) is 36.8 Å². The lowest BCUT2D eigenvalue weighted by molar-refractivity contribution is -0.00554. The van der Waals surface area contributed by atoms with Gasteiger partial charge in [0.05, 0.1) is 6.10 Å². The summed E-state index contributed by atoms with van der Waals surface area (Å²) in [5, 5.41) is 0. The van der Waals surface area contributed by atoms with E-state index in [0.29, 0.717) is 24.7 Å². The number of piperidine rings is 1. The molecule has 0 aliphatic carbocycles. The molecule has 0 bridgehead atoms. The van der Waals surface area contributed by atoms with Crippen molar-refractivity contribution in [3.63, 3.8) is 0 Å². The molecule has 0 amide bonds. The minimum absolute atomic E-state index is 0.371. The van der Waals surface area contributed by atoms with Gasteiger partial charge in [0.1, 0.15) is 0 Å². The summed E-state index contributed by atoms with van der Waals surface area (Å²) in [6.45, 7) is 6.19. The molecule has 112 valence electrons. The molecule has 2 rings (SSSR count). The Morgan fingerprint density at radius 2 is 2.05 bits per heavy atom. The second-order valence-electron chi connectivity index (χ2n) is 5.84. The highest BCUT2D eigenvalue weighted by Gasteiger charge is 2.32. The first kappa shape index (κ1) is 15.5. The summed E-state index contributed by atoms with van der Waals surface area (Å²) in [5.74, 6) is 0. The number of hydrogen-bond acceptors (Lipinski definition) is 3. The highest BCUT2D eigenvalue weighted by molar-refractivity contribution is 5.24. The molecule has 1 aromatic rings. The molecule has 1 aromatic carbocycles. The highest BCUT2D eigenvalue weighted by atomic mass is 16.5. The van der Waals surface area contributed by atoms with Crippen LogP contribution in [0.1, 0.15) is 43.4 Å². The van der Waals surface area contributed by atoms with Crippen molar-refractivity contribution in [2.24, 2.45) is 5.73 Å². The summed E-state index contributed by atoms with van der Waals surface area (Å²) < 4.78 is 5.52. The average Bonchev–Trinajstić information content (AvgIpc) is 2.50. The zero-order valence-corrected chi connectivity index (χ0v) is 13.0. The normalized spacial score (nSPS) is 25.6. The van der Waals surface area contributed by atoms with E-state index in [-0.39, 0.29) is 0 Å². The third kappa shape index (κ3) is 3.40. The molecule has 0 spiro atoms. The smallest absolute Gasteiger partial charge is 0.0599 e. The Morgan fingerprint density at radius 3 is 2.60 bits per heavy atom. The van der Waals surface area contributed by atoms with Crippen molar-refractivity contribution in [1.29, 1.82) is 0 Å². The van der Waals surface area contributed by atoms with Gasteiger partial charge in [0.2, 0.25) is 0 Å². The predicted octanol–water partition coefficient (Wildman–Crippen LogP) is 2.88. The first-order valence-electron chi connectivity index (χ1n) is 7.74. The Morgan fingerprint density at radius 1 is 1.35 bits per heavy atom. The van der Waals surface area contributed by atoms with Crippen molar-refractivity contribution in [3.8, 4) is 0 Å². The van der Waals surface area contributed by atoms with Gasteiger partial charge >= 0.3 is 0 Å². The van der Waals surface area contributed by atoms with E-state index < -0.39 is 0 Å². The van der Waals surface area contributed by atoms with E-state index in [9.17, 15) is 0 Å². The molecular formula is C17H28N2O. The molecule has 20 heavy (non-hydrogen) atoms. The Labute approximate surface area is 123 Å². The van der Waals surface area contributed by atoms with Crippen LogP contribution in [0.15, 0.2) is 24.3 Å². The second kappa shape index (κ2) is 7.21. The third-order valence-electron chi connectivity index (χ3n) is 4.57. The summed E-state index contributed by atoms with van der Waals surface area (Å²) in [7, 11) is 1.81. The van der Waals surface area contributed by atoms with E-state index >= 15 is 0 Å². The maximum Gasteiger partial charge on any atom is 0.0599 e. The quantitative estimate of drug-likeness (QED) is 0.898. The number of nitrogens with two attached hydrogens (primary N) is 1. The summed E-state index contributed by atoms with van der Waals surface area (Å²) in [6, 6.07) is 9.84. The van der Waals surface area contributed by atoms with Crippen LogP contribution >= 0.6 is 0 Å². The van der Waals surface area contributed by atoms with Crippen LogP contribution in [0, 0.1) is 6.92 Å². The zero-order chi connectivity index (χ0) is 14.5. The molecule has 3 heteroatoms. The van der Waals surface area contributed by atoms with E-state index in [2.05, 4.69) is 43.0 Å². The summed E-state index contributed by atoms with van der Waals surface area (Å²) in [4.78, 5) is 2.58. The van der Waals surface area contributed by atoms with Gasteiger partial charge in [0.25, 0.3) is 0 Å². The van der Waals surface area contributed by atoms with Crippen molar-refractivity contribution >= 4 is 0 Å². The maximum absolute atomic E-state index is 6.01. The van der Waals surface area contributed by atoms with Crippen LogP contribution in [0.5, 0.6) is 0 Å². The maximum atomic E-state index is 6.01. The fourth-order valence-electron chi connectivity index (χ4n) is 3.34. The van der Waals surface area contributed by atoms with Crippen LogP contribution in [0.2, 0.25) is 0 Å². The Bertz CT molecular complexity index is 404. The van der Waals surface area contributed by atoms with Gasteiger partial charge in [-0.25, -0.2) is 0 Å². The molecule has 1 saturated heterocycles. The Kier molecular flexibility index (Phi) is 5.58. The highest BCUT2D eigenvalue weighted by Crippen LogP contribution is 2.31. The summed E-state index contributed by atoms with van der Waals surface area (Å²) in [6.07, 6.45) is 3.65. The molecule has 2 N–H and O–H groups in total. The van der Waals surface area contributed by atoms with E-state index in [0.717, 1.165) is 25.8 Å². The average molecular weight is 276 g/mol. The molecule has 0 radical (unpaired) electrons. The van der Waals surface area contributed by atoms with Crippen molar-refractivity contribution in [2.45, 2.75) is 51.3 Å². The van der Waals surface area contributed by atoms with Crippen LogP contribution in [0.25, 0.3) is 0 Å². The van der Waals surface area contributed by atoms with Crippen LogP contribution in [-0.2, 0) is 4.74 Å². The van der Waals surface area contributed by atoms with E-state index in [1.807, 2.05) is 7.11 Å². The second-order valence-corrected chi connectivity index (χ2v) is 5.84. The fraction of sp³-hybridized carbons (Fsp3) is 0.647. The molecule has 3 atom stereocenters. The monoisotopic (exact) mass is 276 g/mol. The molecule has 1 heterocycles.